The first-order valence-corrected chi connectivity index (χ1v) is 9.22. The fourth-order valence-electron chi connectivity index (χ4n) is 3.14. The number of hydrogen-bond acceptors (Lipinski definition) is 6. The van der Waals surface area contributed by atoms with Crippen molar-refractivity contribution in [2.75, 3.05) is 26.6 Å². The highest BCUT2D eigenvalue weighted by Gasteiger charge is 2.23. The summed E-state index contributed by atoms with van der Waals surface area (Å²) in [7, 11) is 4.27. The van der Waals surface area contributed by atoms with Gasteiger partial charge >= 0.3 is 5.97 Å². The molecule has 0 aliphatic heterocycles. The summed E-state index contributed by atoms with van der Waals surface area (Å²) in [5.74, 6) is 0.0111. The number of benzene rings is 1. The normalized spacial score (nSPS) is 12.9. The van der Waals surface area contributed by atoms with Crippen LogP contribution in [0, 0.1) is 0 Å². The number of anilines is 1. The van der Waals surface area contributed by atoms with Crippen LogP contribution in [0.2, 0.25) is 0 Å². The highest BCUT2D eigenvalue weighted by atomic mass is 32.1. The molecule has 7 heteroatoms. The van der Waals surface area contributed by atoms with Crippen LogP contribution in [0.3, 0.4) is 0 Å². The van der Waals surface area contributed by atoms with Crippen LogP contribution in [0.15, 0.2) is 17.5 Å². The molecule has 1 aromatic heterocycles. The summed E-state index contributed by atoms with van der Waals surface area (Å²) < 4.78 is 15.3. The molecule has 138 valence electrons. The first-order chi connectivity index (χ1) is 12.6. The molecule has 0 saturated heterocycles. The average molecular weight is 375 g/mol. The Hall–Kier alpha value is -2.54. The van der Waals surface area contributed by atoms with Gasteiger partial charge in [0.1, 0.15) is 0 Å². The number of aryl methyl sites for hydroxylation is 1. The molecular weight excluding hydrogens is 354 g/mol. The van der Waals surface area contributed by atoms with Crippen molar-refractivity contribution in [1.82, 2.24) is 0 Å². The Morgan fingerprint density at radius 3 is 2.38 bits per heavy atom. The molecule has 1 N–H and O–H groups in total. The molecule has 0 bridgehead atoms. The lowest BCUT2D eigenvalue weighted by Gasteiger charge is -2.16. The third-order valence-electron chi connectivity index (χ3n) is 4.48. The van der Waals surface area contributed by atoms with E-state index in [9.17, 15) is 9.59 Å². The molecule has 0 atom stereocenters. The minimum atomic E-state index is -0.561. The van der Waals surface area contributed by atoms with Crippen LogP contribution < -0.4 is 14.8 Å². The number of ether oxygens (including phenoxy) is 3. The molecule has 2 aromatic rings. The van der Waals surface area contributed by atoms with E-state index in [1.807, 2.05) is 5.38 Å². The molecular formula is C19H21NO5S. The SMILES string of the molecule is COC(=O)c1cc(OC)c(OC)cc1NC(=O)c1csc2c1CCCC2. The minimum Gasteiger partial charge on any atom is -0.493 e. The Labute approximate surface area is 156 Å². The lowest BCUT2D eigenvalue weighted by atomic mass is 9.95. The summed E-state index contributed by atoms with van der Waals surface area (Å²) in [6, 6.07) is 3.07. The maximum absolute atomic E-state index is 12.8. The molecule has 1 aliphatic rings. The first kappa shape index (κ1) is 18.3. The van der Waals surface area contributed by atoms with Crippen LogP contribution in [0.25, 0.3) is 0 Å². The quantitative estimate of drug-likeness (QED) is 0.807. The molecule has 26 heavy (non-hydrogen) atoms. The molecule has 0 saturated carbocycles. The zero-order valence-electron chi connectivity index (χ0n) is 15.0. The van der Waals surface area contributed by atoms with Gasteiger partial charge < -0.3 is 19.5 Å². The van der Waals surface area contributed by atoms with Crippen LogP contribution in [-0.2, 0) is 17.6 Å². The van der Waals surface area contributed by atoms with Gasteiger partial charge in [-0.3, -0.25) is 4.79 Å². The van der Waals surface area contributed by atoms with Gasteiger partial charge in [-0.15, -0.1) is 11.3 Å². The van der Waals surface area contributed by atoms with E-state index < -0.39 is 5.97 Å². The molecule has 1 heterocycles. The van der Waals surface area contributed by atoms with Crippen molar-refractivity contribution in [3.63, 3.8) is 0 Å². The van der Waals surface area contributed by atoms with Gasteiger partial charge in [0.2, 0.25) is 0 Å². The second-order valence-corrected chi connectivity index (χ2v) is 6.92. The van der Waals surface area contributed by atoms with Crippen LogP contribution in [0.5, 0.6) is 11.5 Å². The van der Waals surface area contributed by atoms with E-state index >= 15 is 0 Å². The number of fused-ring (bicyclic) bond motifs is 1. The van der Waals surface area contributed by atoms with Crippen molar-refractivity contribution in [1.29, 1.82) is 0 Å². The van der Waals surface area contributed by atoms with E-state index in [1.54, 1.807) is 17.4 Å². The number of rotatable bonds is 5. The monoisotopic (exact) mass is 375 g/mol. The summed E-state index contributed by atoms with van der Waals surface area (Å²) in [6.07, 6.45) is 4.19. The van der Waals surface area contributed by atoms with Crippen molar-refractivity contribution in [3.05, 3.63) is 39.1 Å². The molecule has 1 aliphatic carbocycles. The summed E-state index contributed by atoms with van der Waals surface area (Å²) in [5, 5.41) is 4.73. The summed E-state index contributed by atoms with van der Waals surface area (Å²) >= 11 is 1.62. The number of carbonyl (C=O) groups excluding carboxylic acids is 2. The maximum atomic E-state index is 12.8. The third-order valence-corrected chi connectivity index (χ3v) is 5.57. The number of carbonyl (C=O) groups is 2. The van der Waals surface area contributed by atoms with Crippen LogP contribution >= 0.6 is 11.3 Å². The highest BCUT2D eigenvalue weighted by Crippen LogP contribution is 2.35. The molecule has 0 fully saturated rings. The van der Waals surface area contributed by atoms with Gasteiger partial charge in [0.15, 0.2) is 11.5 Å². The largest absolute Gasteiger partial charge is 0.493 e. The van der Waals surface area contributed by atoms with Gasteiger partial charge in [-0.05, 0) is 31.2 Å². The smallest absolute Gasteiger partial charge is 0.340 e. The number of hydrogen-bond donors (Lipinski definition) is 1. The third kappa shape index (κ3) is 3.39. The minimum absolute atomic E-state index is 0.211. The van der Waals surface area contributed by atoms with E-state index in [0.29, 0.717) is 22.7 Å². The molecule has 6 nitrogen and oxygen atoms in total. The van der Waals surface area contributed by atoms with Gasteiger partial charge in [0.25, 0.3) is 5.91 Å². The molecule has 0 radical (unpaired) electrons. The number of nitrogens with one attached hydrogen (secondary N) is 1. The van der Waals surface area contributed by atoms with E-state index in [-0.39, 0.29) is 11.5 Å². The van der Waals surface area contributed by atoms with Crippen LogP contribution in [-0.4, -0.2) is 33.2 Å². The Morgan fingerprint density at radius 2 is 1.69 bits per heavy atom. The summed E-state index contributed by atoms with van der Waals surface area (Å²) in [6.45, 7) is 0. The van der Waals surface area contributed by atoms with Crippen LogP contribution in [0.4, 0.5) is 5.69 Å². The maximum Gasteiger partial charge on any atom is 0.340 e. The predicted molar refractivity (Wildman–Crippen MR) is 99.8 cm³/mol. The van der Waals surface area contributed by atoms with Gasteiger partial charge in [0.05, 0.1) is 38.1 Å². The Balaban J connectivity index is 1.96. The number of esters is 1. The molecule has 1 aromatic carbocycles. The van der Waals surface area contributed by atoms with E-state index in [1.165, 1.54) is 32.3 Å². The number of thiophene rings is 1. The highest BCUT2D eigenvalue weighted by molar-refractivity contribution is 7.10. The first-order valence-electron chi connectivity index (χ1n) is 8.34. The van der Waals surface area contributed by atoms with Gasteiger partial charge in [0, 0.05) is 22.4 Å². The molecule has 0 unspecified atom stereocenters. The molecule has 1 amide bonds. The molecule has 3 rings (SSSR count). The topological polar surface area (TPSA) is 73.9 Å². The van der Waals surface area contributed by atoms with Crippen molar-refractivity contribution in [2.45, 2.75) is 25.7 Å². The summed E-state index contributed by atoms with van der Waals surface area (Å²) in [4.78, 5) is 26.3. The Bertz CT molecular complexity index is 843. The van der Waals surface area contributed by atoms with Gasteiger partial charge in [-0.1, -0.05) is 0 Å². The van der Waals surface area contributed by atoms with E-state index in [0.717, 1.165) is 31.2 Å². The fourth-order valence-corrected chi connectivity index (χ4v) is 4.26. The number of methoxy groups -OCH3 is 3. The van der Waals surface area contributed by atoms with Gasteiger partial charge in [-0.25, -0.2) is 4.79 Å². The lowest BCUT2D eigenvalue weighted by Crippen LogP contribution is -2.17. The van der Waals surface area contributed by atoms with E-state index in [2.05, 4.69) is 5.32 Å². The predicted octanol–water partition coefficient (Wildman–Crippen LogP) is 3.68. The van der Waals surface area contributed by atoms with Crippen molar-refractivity contribution >= 4 is 28.9 Å². The summed E-state index contributed by atoms with van der Waals surface area (Å²) in [5.41, 5.74) is 2.34. The average Bonchev–Trinajstić information content (AvgIpc) is 3.11. The van der Waals surface area contributed by atoms with Crippen molar-refractivity contribution in [2.24, 2.45) is 0 Å². The van der Waals surface area contributed by atoms with Gasteiger partial charge in [-0.2, -0.15) is 0 Å². The fraction of sp³-hybridized carbons (Fsp3) is 0.368. The standard InChI is InChI=1S/C19H21NO5S/c1-23-15-8-12(19(22)25-3)14(9-16(15)24-2)20-18(21)13-10-26-17-7-5-4-6-11(13)17/h8-10H,4-7H2,1-3H3,(H,20,21). The Kier molecular flexibility index (Phi) is 5.46. The Morgan fingerprint density at radius 1 is 1.00 bits per heavy atom. The molecule has 0 spiro atoms. The zero-order valence-corrected chi connectivity index (χ0v) is 15.8. The van der Waals surface area contributed by atoms with Crippen molar-refractivity contribution in [3.8, 4) is 11.5 Å². The second-order valence-electron chi connectivity index (χ2n) is 5.96. The number of amides is 1. The van der Waals surface area contributed by atoms with Crippen molar-refractivity contribution < 1.29 is 23.8 Å². The lowest BCUT2D eigenvalue weighted by molar-refractivity contribution is 0.0601. The van der Waals surface area contributed by atoms with Crippen LogP contribution in [0.1, 0.15) is 44.0 Å². The van der Waals surface area contributed by atoms with E-state index in [4.69, 9.17) is 14.2 Å². The second kappa shape index (κ2) is 7.78. The zero-order chi connectivity index (χ0) is 18.7.